The van der Waals surface area contributed by atoms with Crippen molar-refractivity contribution in [3.63, 3.8) is 0 Å². The van der Waals surface area contributed by atoms with E-state index in [9.17, 15) is 9.59 Å². The molecule has 0 bridgehead atoms. The molecule has 0 aliphatic carbocycles. The van der Waals surface area contributed by atoms with Crippen LogP contribution in [0.25, 0.3) is 6.08 Å². The smallest absolute Gasteiger partial charge is 0.308 e. The van der Waals surface area contributed by atoms with Crippen molar-refractivity contribution in [2.45, 2.75) is 6.92 Å². The van der Waals surface area contributed by atoms with Gasteiger partial charge in [-0.25, -0.2) is 0 Å². The van der Waals surface area contributed by atoms with Crippen LogP contribution in [0.2, 0.25) is 0 Å². The molecule has 1 aromatic carbocycles. The minimum Gasteiger partial charge on any atom is -0.493 e. The Morgan fingerprint density at radius 3 is 2.71 bits per heavy atom. The molecule has 5 nitrogen and oxygen atoms in total. The molecule has 1 aromatic rings. The molecule has 1 aliphatic rings. The van der Waals surface area contributed by atoms with E-state index in [4.69, 9.17) is 21.7 Å². The van der Waals surface area contributed by atoms with Crippen LogP contribution >= 0.6 is 39.9 Å². The molecule has 1 amide bonds. The van der Waals surface area contributed by atoms with Crippen LogP contribution in [0.5, 0.6) is 11.5 Å². The highest BCUT2D eigenvalue weighted by molar-refractivity contribution is 9.10. The van der Waals surface area contributed by atoms with E-state index >= 15 is 0 Å². The summed E-state index contributed by atoms with van der Waals surface area (Å²) in [6, 6.07) is 3.40. The number of hydrogen-bond acceptors (Lipinski definition) is 6. The van der Waals surface area contributed by atoms with Crippen LogP contribution in [0.1, 0.15) is 12.5 Å². The van der Waals surface area contributed by atoms with Gasteiger partial charge in [0.05, 0.1) is 16.5 Å². The molecule has 0 aromatic heterocycles. The van der Waals surface area contributed by atoms with Crippen molar-refractivity contribution in [2.24, 2.45) is 0 Å². The number of benzene rings is 1. The summed E-state index contributed by atoms with van der Waals surface area (Å²) in [6.07, 6.45) is 1.68. The lowest BCUT2D eigenvalue weighted by Crippen LogP contribution is -2.17. The Bertz CT molecular complexity index is 672. The van der Waals surface area contributed by atoms with Crippen molar-refractivity contribution < 1.29 is 19.1 Å². The second-order valence-electron chi connectivity index (χ2n) is 3.98. The molecule has 8 heteroatoms. The van der Waals surface area contributed by atoms with Gasteiger partial charge in [-0.05, 0) is 39.7 Å². The SMILES string of the molecule is COc1cc(/C=C2/SC(=S)NC2=O)cc(Br)c1OC(C)=O. The van der Waals surface area contributed by atoms with Gasteiger partial charge in [0, 0.05) is 6.92 Å². The molecular weight excluding hydrogens is 378 g/mol. The number of ether oxygens (including phenoxy) is 2. The average molecular weight is 388 g/mol. The van der Waals surface area contributed by atoms with E-state index in [2.05, 4.69) is 21.2 Å². The number of halogens is 1. The van der Waals surface area contributed by atoms with Gasteiger partial charge in [-0.2, -0.15) is 0 Å². The van der Waals surface area contributed by atoms with Crippen LogP contribution in [0, 0.1) is 0 Å². The third-order valence-electron chi connectivity index (χ3n) is 2.44. The number of carbonyl (C=O) groups excluding carboxylic acids is 2. The van der Waals surface area contributed by atoms with Crippen LogP contribution in [-0.4, -0.2) is 23.3 Å². The molecule has 0 saturated carbocycles. The number of thioether (sulfide) groups is 1. The summed E-state index contributed by atoms with van der Waals surface area (Å²) in [5.74, 6) is 0.00364. The first-order valence-electron chi connectivity index (χ1n) is 5.71. The number of carbonyl (C=O) groups is 2. The maximum atomic E-state index is 11.6. The van der Waals surface area contributed by atoms with Crippen molar-refractivity contribution in [3.05, 3.63) is 27.1 Å². The normalized spacial score (nSPS) is 16.0. The second kappa shape index (κ2) is 6.59. The van der Waals surface area contributed by atoms with E-state index < -0.39 is 5.97 Å². The number of thiocarbonyl (C=S) groups is 1. The molecule has 21 heavy (non-hydrogen) atoms. The number of methoxy groups -OCH3 is 1. The van der Waals surface area contributed by atoms with Crippen molar-refractivity contribution in [1.29, 1.82) is 0 Å². The molecule has 0 atom stereocenters. The Kier molecular flexibility index (Phi) is 5.02. The lowest BCUT2D eigenvalue weighted by Gasteiger charge is -2.11. The first kappa shape index (κ1) is 16.0. The molecule has 1 saturated heterocycles. The monoisotopic (exact) mass is 387 g/mol. The lowest BCUT2D eigenvalue weighted by atomic mass is 10.2. The minimum absolute atomic E-state index is 0.232. The Morgan fingerprint density at radius 1 is 1.48 bits per heavy atom. The van der Waals surface area contributed by atoms with Crippen molar-refractivity contribution in [1.82, 2.24) is 5.32 Å². The molecule has 1 N–H and O–H groups in total. The summed E-state index contributed by atoms with van der Waals surface area (Å²) in [5, 5.41) is 2.54. The highest BCUT2D eigenvalue weighted by Gasteiger charge is 2.22. The number of rotatable bonds is 3. The van der Waals surface area contributed by atoms with Gasteiger partial charge in [0.1, 0.15) is 4.32 Å². The van der Waals surface area contributed by atoms with Crippen LogP contribution in [0.3, 0.4) is 0 Å². The molecule has 1 heterocycles. The summed E-state index contributed by atoms with van der Waals surface area (Å²) >= 11 is 9.45. The number of amides is 1. The van der Waals surface area contributed by atoms with Gasteiger partial charge in [-0.15, -0.1) is 0 Å². The third kappa shape index (κ3) is 3.84. The average Bonchev–Trinajstić information content (AvgIpc) is 2.70. The second-order valence-corrected chi connectivity index (χ2v) is 6.55. The predicted octanol–water partition coefficient (Wildman–Crippen LogP) is 2.87. The maximum Gasteiger partial charge on any atom is 0.308 e. The van der Waals surface area contributed by atoms with Crippen molar-refractivity contribution in [2.75, 3.05) is 7.11 Å². The summed E-state index contributed by atoms with van der Waals surface area (Å²) in [7, 11) is 1.47. The molecule has 1 aliphatic heterocycles. The highest BCUT2D eigenvalue weighted by atomic mass is 79.9. The fraction of sp³-hybridized carbons (Fsp3) is 0.154. The number of nitrogens with one attached hydrogen (secondary N) is 1. The minimum atomic E-state index is -0.448. The van der Waals surface area contributed by atoms with Gasteiger partial charge >= 0.3 is 5.97 Å². The van der Waals surface area contributed by atoms with Crippen molar-refractivity contribution >= 4 is 62.2 Å². The van der Waals surface area contributed by atoms with Crippen molar-refractivity contribution in [3.8, 4) is 11.5 Å². The van der Waals surface area contributed by atoms with E-state index in [0.29, 0.717) is 25.2 Å². The van der Waals surface area contributed by atoms with E-state index in [1.807, 2.05) is 0 Å². The van der Waals surface area contributed by atoms with E-state index in [0.717, 1.165) is 5.56 Å². The quantitative estimate of drug-likeness (QED) is 0.372. The Balaban J connectivity index is 2.41. The van der Waals surface area contributed by atoms with E-state index in [-0.39, 0.29) is 5.91 Å². The summed E-state index contributed by atoms with van der Waals surface area (Å²) < 4.78 is 11.3. The van der Waals surface area contributed by atoms with Crippen LogP contribution < -0.4 is 14.8 Å². The predicted molar refractivity (Wildman–Crippen MR) is 88.3 cm³/mol. The van der Waals surface area contributed by atoms with Crippen LogP contribution in [0.15, 0.2) is 21.5 Å². The lowest BCUT2D eigenvalue weighted by molar-refractivity contribution is -0.132. The first-order valence-corrected chi connectivity index (χ1v) is 7.73. The molecule has 0 unspecified atom stereocenters. The summed E-state index contributed by atoms with van der Waals surface area (Å²) in [5.41, 5.74) is 0.719. The summed E-state index contributed by atoms with van der Waals surface area (Å²) in [4.78, 5) is 23.2. The number of hydrogen-bond donors (Lipinski definition) is 1. The maximum absolute atomic E-state index is 11.6. The molecule has 0 radical (unpaired) electrons. The van der Waals surface area contributed by atoms with Crippen LogP contribution in [-0.2, 0) is 9.59 Å². The van der Waals surface area contributed by atoms with Crippen LogP contribution in [0.4, 0.5) is 0 Å². The van der Waals surface area contributed by atoms with Gasteiger partial charge in [-0.3, -0.25) is 9.59 Å². The molecule has 1 fully saturated rings. The Morgan fingerprint density at radius 2 is 2.19 bits per heavy atom. The molecule has 2 rings (SSSR count). The Hall–Kier alpha value is -1.38. The number of esters is 1. The van der Waals surface area contributed by atoms with E-state index in [1.54, 1.807) is 18.2 Å². The summed E-state index contributed by atoms with van der Waals surface area (Å²) in [6.45, 7) is 1.31. The first-order chi connectivity index (χ1) is 9.90. The van der Waals surface area contributed by atoms with Gasteiger partial charge in [-0.1, -0.05) is 24.0 Å². The fourth-order valence-electron chi connectivity index (χ4n) is 1.64. The third-order valence-corrected chi connectivity index (χ3v) is 4.19. The highest BCUT2D eigenvalue weighted by Crippen LogP contribution is 2.38. The largest absolute Gasteiger partial charge is 0.493 e. The standard InChI is InChI=1S/C13H10BrNO4S2/c1-6(16)19-11-8(14)3-7(4-9(11)18-2)5-10-12(17)15-13(20)21-10/h3-5H,1-2H3,(H,15,17,20)/b10-5+. The zero-order valence-corrected chi connectivity index (χ0v) is 14.3. The zero-order valence-electron chi connectivity index (χ0n) is 11.1. The van der Waals surface area contributed by atoms with Gasteiger partial charge in [0.15, 0.2) is 11.5 Å². The fourth-order valence-corrected chi connectivity index (χ4v) is 3.22. The Labute approximate surface area is 139 Å². The van der Waals surface area contributed by atoms with E-state index in [1.165, 1.54) is 25.8 Å². The topological polar surface area (TPSA) is 64.6 Å². The molecule has 0 spiro atoms. The zero-order chi connectivity index (χ0) is 15.6. The molecule has 110 valence electrons. The van der Waals surface area contributed by atoms with Gasteiger partial charge < -0.3 is 14.8 Å². The van der Waals surface area contributed by atoms with Gasteiger partial charge in [0.25, 0.3) is 5.91 Å². The van der Waals surface area contributed by atoms with Gasteiger partial charge in [0.2, 0.25) is 0 Å². The molecular formula is C13H10BrNO4S2.